The Labute approximate surface area is 143 Å². The molecular formula is C17H17N5OS. The number of fused-ring (bicyclic) bond motifs is 1. The van der Waals surface area contributed by atoms with E-state index in [1.807, 2.05) is 42.6 Å². The summed E-state index contributed by atoms with van der Waals surface area (Å²) in [6, 6.07) is 11.6. The Kier molecular flexibility index (Phi) is 4.18. The van der Waals surface area contributed by atoms with Gasteiger partial charge >= 0.3 is 0 Å². The van der Waals surface area contributed by atoms with Crippen LogP contribution in [0.2, 0.25) is 0 Å². The topological polar surface area (TPSA) is 82.7 Å². The number of imidazole rings is 1. The van der Waals surface area contributed by atoms with E-state index in [0.717, 1.165) is 28.2 Å². The number of pyridine rings is 1. The number of nitrogens with one attached hydrogen (secondary N) is 3. The lowest BCUT2D eigenvalue weighted by Crippen LogP contribution is -2.42. The number of carbonyl (C=O) groups excluding carboxylic acids is 1. The van der Waals surface area contributed by atoms with E-state index in [0.29, 0.717) is 6.54 Å². The zero-order chi connectivity index (χ0) is 16.4. The first kappa shape index (κ1) is 15.2. The maximum atomic E-state index is 12.4. The molecule has 0 radical (unpaired) electrons. The van der Waals surface area contributed by atoms with Gasteiger partial charge in [-0.2, -0.15) is 0 Å². The van der Waals surface area contributed by atoms with E-state index in [-0.39, 0.29) is 17.3 Å². The second kappa shape index (κ2) is 6.62. The Hall–Kier alpha value is -2.38. The fourth-order valence-corrected chi connectivity index (χ4v) is 3.95. The van der Waals surface area contributed by atoms with Crippen LogP contribution in [0.4, 0.5) is 0 Å². The summed E-state index contributed by atoms with van der Waals surface area (Å²) in [6.07, 6.45) is 3.58. The first-order chi connectivity index (χ1) is 11.8. The van der Waals surface area contributed by atoms with Crippen molar-refractivity contribution in [2.45, 2.75) is 18.0 Å². The molecule has 1 fully saturated rings. The van der Waals surface area contributed by atoms with Gasteiger partial charge in [0.15, 0.2) is 0 Å². The van der Waals surface area contributed by atoms with Crippen molar-refractivity contribution in [3.8, 4) is 0 Å². The molecule has 1 amide bonds. The molecule has 0 aliphatic carbocycles. The smallest absolute Gasteiger partial charge is 0.238 e. The molecule has 3 heterocycles. The molecule has 3 N–H and O–H groups in total. The summed E-state index contributed by atoms with van der Waals surface area (Å²) in [5.74, 6) is 1.50. The number of nitrogens with zero attached hydrogens (tertiary/aromatic N) is 2. The molecule has 1 aliphatic rings. The molecule has 6 nitrogen and oxygen atoms in total. The van der Waals surface area contributed by atoms with Gasteiger partial charge in [-0.25, -0.2) is 4.98 Å². The largest absolute Gasteiger partial charge is 0.347 e. The van der Waals surface area contributed by atoms with Crippen molar-refractivity contribution in [1.29, 1.82) is 0 Å². The molecule has 2 unspecified atom stereocenters. The molecule has 4 rings (SSSR count). The van der Waals surface area contributed by atoms with Gasteiger partial charge in [-0.1, -0.05) is 18.2 Å². The molecule has 24 heavy (non-hydrogen) atoms. The average molecular weight is 339 g/mol. The van der Waals surface area contributed by atoms with Crippen LogP contribution in [0.5, 0.6) is 0 Å². The highest BCUT2D eigenvalue weighted by Gasteiger charge is 2.30. The van der Waals surface area contributed by atoms with Crippen molar-refractivity contribution in [1.82, 2.24) is 25.6 Å². The average Bonchev–Trinajstić information content (AvgIpc) is 3.27. The van der Waals surface area contributed by atoms with E-state index < -0.39 is 0 Å². The fourth-order valence-electron chi connectivity index (χ4n) is 2.73. The van der Waals surface area contributed by atoms with Gasteiger partial charge in [0.1, 0.15) is 5.82 Å². The van der Waals surface area contributed by atoms with E-state index in [4.69, 9.17) is 0 Å². The van der Waals surface area contributed by atoms with Crippen LogP contribution in [0.25, 0.3) is 11.0 Å². The monoisotopic (exact) mass is 339 g/mol. The van der Waals surface area contributed by atoms with Crippen LogP contribution in [0.1, 0.15) is 16.8 Å². The molecule has 1 aromatic carbocycles. The first-order valence-electron chi connectivity index (χ1n) is 7.78. The number of hydrogen-bond donors (Lipinski definition) is 3. The Morgan fingerprint density at radius 2 is 2.21 bits per heavy atom. The predicted molar refractivity (Wildman–Crippen MR) is 94.3 cm³/mol. The van der Waals surface area contributed by atoms with Crippen molar-refractivity contribution in [2.24, 2.45) is 0 Å². The number of hydrogen-bond acceptors (Lipinski definition) is 5. The minimum absolute atomic E-state index is 0.00523. The summed E-state index contributed by atoms with van der Waals surface area (Å²) in [7, 11) is 0. The number of para-hydroxylation sites is 2. The highest BCUT2D eigenvalue weighted by molar-refractivity contribution is 7.99. The third kappa shape index (κ3) is 3.13. The van der Waals surface area contributed by atoms with Crippen molar-refractivity contribution in [3.05, 3.63) is 60.2 Å². The molecule has 3 aromatic rings. The van der Waals surface area contributed by atoms with Crippen LogP contribution in [-0.2, 0) is 11.3 Å². The minimum atomic E-state index is -0.204. The van der Waals surface area contributed by atoms with Crippen molar-refractivity contribution in [2.75, 3.05) is 5.75 Å². The van der Waals surface area contributed by atoms with E-state index in [2.05, 4.69) is 25.6 Å². The SMILES string of the molecule is O=C(NCc1nc2ccccc2[nH]1)C1CSC(c2cccnc2)N1. The Bertz CT molecular complexity index is 817. The van der Waals surface area contributed by atoms with Crippen LogP contribution in [-0.4, -0.2) is 32.7 Å². The third-order valence-corrected chi connectivity index (χ3v) is 5.22. The lowest BCUT2D eigenvalue weighted by molar-refractivity contribution is -0.122. The molecule has 7 heteroatoms. The van der Waals surface area contributed by atoms with Gasteiger partial charge in [0, 0.05) is 18.1 Å². The number of rotatable bonds is 4. The molecule has 0 saturated carbocycles. The van der Waals surface area contributed by atoms with Crippen LogP contribution in [0.3, 0.4) is 0 Å². The second-order valence-corrected chi connectivity index (χ2v) is 6.78. The number of H-pyrrole nitrogens is 1. The Morgan fingerprint density at radius 1 is 1.29 bits per heavy atom. The summed E-state index contributed by atoms with van der Waals surface area (Å²) in [6.45, 7) is 0.397. The lowest BCUT2D eigenvalue weighted by Gasteiger charge is -2.13. The van der Waals surface area contributed by atoms with Gasteiger partial charge < -0.3 is 10.3 Å². The molecule has 1 saturated heterocycles. The zero-order valence-electron chi connectivity index (χ0n) is 12.9. The van der Waals surface area contributed by atoms with E-state index >= 15 is 0 Å². The van der Waals surface area contributed by atoms with E-state index in [1.165, 1.54) is 0 Å². The number of thioether (sulfide) groups is 1. The minimum Gasteiger partial charge on any atom is -0.347 e. The maximum absolute atomic E-state index is 12.4. The fraction of sp³-hybridized carbons (Fsp3) is 0.235. The zero-order valence-corrected chi connectivity index (χ0v) is 13.7. The molecule has 122 valence electrons. The summed E-state index contributed by atoms with van der Waals surface area (Å²) in [4.78, 5) is 24.2. The second-order valence-electron chi connectivity index (χ2n) is 5.64. The summed E-state index contributed by atoms with van der Waals surface area (Å²) in [5.41, 5.74) is 2.98. The van der Waals surface area contributed by atoms with Gasteiger partial charge in [0.25, 0.3) is 0 Å². The van der Waals surface area contributed by atoms with Crippen molar-refractivity contribution < 1.29 is 4.79 Å². The van der Waals surface area contributed by atoms with Gasteiger partial charge in [-0.05, 0) is 23.8 Å². The first-order valence-corrected chi connectivity index (χ1v) is 8.83. The third-order valence-electron chi connectivity index (χ3n) is 3.95. The molecule has 1 aliphatic heterocycles. The maximum Gasteiger partial charge on any atom is 0.238 e. The van der Waals surface area contributed by atoms with Crippen LogP contribution in [0.15, 0.2) is 48.8 Å². The predicted octanol–water partition coefficient (Wildman–Crippen LogP) is 1.98. The van der Waals surface area contributed by atoms with E-state index in [1.54, 1.807) is 18.0 Å². The summed E-state index contributed by atoms with van der Waals surface area (Å²) >= 11 is 1.72. The number of aromatic amines is 1. The number of benzene rings is 1. The molecule has 2 aromatic heterocycles. The highest BCUT2D eigenvalue weighted by atomic mass is 32.2. The van der Waals surface area contributed by atoms with E-state index in [9.17, 15) is 4.79 Å². The van der Waals surface area contributed by atoms with Gasteiger partial charge in [0.2, 0.25) is 5.91 Å². The molecular weight excluding hydrogens is 322 g/mol. The normalized spacial score (nSPS) is 20.3. The number of amides is 1. The molecule has 0 bridgehead atoms. The quantitative estimate of drug-likeness (QED) is 0.677. The summed E-state index contributed by atoms with van der Waals surface area (Å²) < 4.78 is 0. The molecule has 0 spiro atoms. The standard InChI is InChI=1S/C17H17N5OS/c23-16(14-10-24-17(22-14)11-4-3-7-18-8-11)19-9-15-20-12-5-1-2-6-13(12)21-15/h1-8,14,17,22H,9-10H2,(H,19,23)(H,20,21). The van der Waals surface area contributed by atoms with Gasteiger partial charge in [-0.15, -0.1) is 11.8 Å². The van der Waals surface area contributed by atoms with Crippen LogP contribution in [0, 0.1) is 0 Å². The van der Waals surface area contributed by atoms with Crippen molar-refractivity contribution >= 4 is 28.7 Å². The lowest BCUT2D eigenvalue weighted by atomic mass is 10.2. The van der Waals surface area contributed by atoms with Crippen LogP contribution >= 0.6 is 11.8 Å². The summed E-state index contributed by atoms with van der Waals surface area (Å²) in [5, 5.41) is 6.41. The van der Waals surface area contributed by atoms with Gasteiger partial charge in [-0.3, -0.25) is 15.1 Å². The molecule has 2 atom stereocenters. The number of aromatic nitrogens is 3. The van der Waals surface area contributed by atoms with Gasteiger partial charge in [0.05, 0.1) is 29.0 Å². The van der Waals surface area contributed by atoms with Crippen LogP contribution < -0.4 is 10.6 Å². The van der Waals surface area contributed by atoms with Crippen molar-refractivity contribution in [3.63, 3.8) is 0 Å². The Morgan fingerprint density at radius 3 is 3.04 bits per heavy atom. The Balaban J connectivity index is 1.35. The number of carbonyl (C=O) groups is 1. The highest BCUT2D eigenvalue weighted by Crippen LogP contribution is 2.32.